The number of anilines is 1. The van der Waals surface area contributed by atoms with E-state index >= 15 is 0 Å². The van der Waals surface area contributed by atoms with Gasteiger partial charge >= 0.3 is 0 Å². The van der Waals surface area contributed by atoms with Gasteiger partial charge in [0.1, 0.15) is 18.2 Å². The Morgan fingerprint density at radius 2 is 2.06 bits per heavy atom. The molecule has 0 heterocycles. The van der Waals surface area contributed by atoms with Crippen LogP contribution in [0.15, 0.2) is 40.9 Å². The van der Waals surface area contributed by atoms with E-state index in [2.05, 4.69) is 15.9 Å². The number of nitrogen functional groups attached to an aromatic ring is 1. The fourth-order valence-electron chi connectivity index (χ4n) is 1.68. The van der Waals surface area contributed by atoms with Crippen molar-refractivity contribution < 1.29 is 9.13 Å². The summed E-state index contributed by atoms with van der Waals surface area (Å²) in [5.41, 5.74) is 8.14. The highest BCUT2D eigenvalue weighted by Crippen LogP contribution is 2.27. The predicted octanol–water partition coefficient (Wildman–Crippen LogP) is 4.06. The molecule has 2 aromatic rings. The summed E-state index contributed by atoms with van der Waals surface area (Å²) in [6.45, 7) is 2.19. The Morgan fingerprint density at radius 3 is 2.78 bits per heavy atom. The Kier molecular flexibility index (Phi) is 3.87. The molecule has 0 saturated carbocycles. The maximum atomic E-state index is 13.1. The van der Waals surface area contributed by atoms with Crippen molar-refractivity contribution in [1.29, 1.82) is 0 Å². The first-order valence-corrected chi connectivity index (χ1v) is 6.29. The summed E-state index contributed by atoms with van der Waals surface area (Å²) in [6, 6.07) is 10.1. The molecule has 0 bridgehead atoms. The number of halogens is 2. The van der Waals surface area contributed by atoms with E-state index in [4.69, 9.17) is 10.5 Å². The molecule has 0 aliphatic carbocycles. The van der Waals surface area contributed by atoms with E-state index < -0.39 is 0 Å². The Labute approximate surface area is 114 Å². The van der Waals surface area contributed by atoms with Crippen molar-refractivity contribution in [1.82, 2.24) is 0 Å². The van der Waals surface area contributed by atoms with Crippen molar-refractivity contribution in [3.05, 3.63) is 57.8 Å². The zero-order valence-electron chi connectivity index (χ0n) is 9.91. The zero-order valence-corrected chi connectivity index (χ0v) is 11.5. The third kappa shape index (κ3) is 2.82. The van der Waals surface area contributed by atoms with Gasteiger partial charge in [-0.2, -0.15) is 0 Å². The van der Waals surface area contributed by atoms with Gasteiger partial charge in [-0.05, 0) is 36.8 Å². The summed E-state index contributed by atoms with van der Waals surface area (Å²) in [6.07, 6.45) is 0. The van der Waals surface area contributed by atoms with E-state index in [-0.39, 0.29) is 12.4 Å². The predicted molar refractivity (Wildman–Crippen MR) is 74.0 cm³/mol. The normalized spacial score (nSPS) is 10.4. The van der Waals surface area contributed by atoms with Crippen LogP contribution in [-0.4, -0.2) is 0 Å². The quantitative estimate of drug-likeness (QED) is 0.868. The smallest absolute Gasteiger partial charge is 0.145 e. The molecule has 0 amide bonds. The van der Waals surface area contributed by atoms with Gasteiger partial charge in [-0.1, -0.05) is 28.1 Å². The average Bonchev–Trinajstić information content (AvgIpc) is 2.33. The number of hydrogen-bond donors (Lipinski definition) is 1. The molecular weight excluding hydrogens is 297 g/mol. The van der Waals surface area contributed by atoms with Crippen molar-refractivity contribution in [2.75, 3.05) is 5.73 Å². The molecule has 0 aliphatic rings. The minimum absolute atomic E-state index is 0.271. The number of ether oxygens (including phenoxy) is 1. The summed E-state index contributed by atoms with van der Waals surface area (Å²) in [5.74, 6) is 0.364. The maximum Gasteiger partial charge on any atom is 0.145 e. The molecule has 4 heteroatoms. The summed E-state index contributed by atoms with van der Waals surface area (Å²) in [7, 11) is 0. The van der Waals surface area contributed by atoms with Crippen LogP contribution in [-0.2, 0) is 6.61 Å². The second-order valence-electron chi connectivity index (χ2n) is 4.02. The minimum Gasteiger partial charge on any atom is -0.486 e. The van der Waals surface area contributed by atoms with Crippen LogP contribution in [0.25, 0.3) is 0 Å². The monoisotopic (exact) mass is 309 g/mol. The average molecular weight is 310 g/mol. The van der Waals surface area contributed by atoms with E-state index in [1.807, 2.05) is 19.1 Å². The van der Waals surface area contributed by atoms with Gasteiger partial charge in [0.15, 0.2) is 0 Å². The Hall–Kier alpha value is -1.55. The van der Waals surface area contributed by atoms with E-state index in [9.17, 15) is 4.39 Å². The van der Waals surface area contributed by atoms with E-state index in [1.54, 1.807) is 12.1 Å². The van der Waals surface area contributed by atoms with Gasteiger partial charge in [0, 0.05) is 10.0 Å². The molecule has 0 spiro atoms. The number of nitrogens with two attached hydrogens (primary N) is 1. The standard InChI is InChI=1S/C14H13BrFNO/c1-9-3-2-4-13(17)14(9)18-8-10-7-11(16)5-6-12(10)15/h2-7H,8,17H2,1H3. The van der Waals surface area contributed by atoms with Crippen molar-refractivity contribution in [2.24, 2.45) is 0 Å². The third-order valence-corrected chi connectivity index (χ3v) is 3.40. The van der Waals surface area contributed by atoms with Crippen molar-refractivity contribution in [3.63, 3.8) is 0 Å². The van der Waals surface area contributed by atoms with Gasteiger partial charge in [-0.15, -0.1) is 0 Å². The molecule has 2 nitrogen and oxygen atoms in total. The van der Waals surface area contributed by atoms with Crippen LogP contribution in [0.4, 0.5) is 10.1 Å². The first-order chi connectivity index (χ1) is 8.58. The number of benzene rings is 2. The van der Waals surface area contributed by atoms with Gasteiger partial charge in [-0.25, -0.2) is 4.39 Å². The van der Waals surface area contributed by atoms with Gasteiger partial charge in [0.25, 0.3) is 0 Å². The van der Waals surface area contributed by atoms with Crippen molar-refractivity contribution >= 4 is 21.6 Å². The molecule has 94 valence electrons. The number of para-hydroxylation sites is 1. The molecule has 0 aliphatic heterocycles. The van der Waals surface area contributed by atoms with E-state index in [0.717, 1.165) is 15.6 Å². The molecule has 2 rings (SSSR count). The molecule has 0 atom stereocenters. The summed E-state index contributed by atoms with van der Waals surface area (Å²) >= 11 is 3.36. The van der Waals surface area contributed by atoms with Gasteiger partial charge in [0.05, 0.1) is 5.69 Å². The maximum absolute atomic E-state index is 13.1. The highest BCUT2D eigenvalue weighted by atomic mass is 79.9. The second-order valence-corrected chi connectivity index (χ2v) is 4.87. The van der Waals surface area contributed by atoms with Crippen molar-refractivity contribution in [3.8, 4) is 5.75 Å². The van der Waals surface area contributed by atoms with Gasteiger partial charge in [-0.3, -0.25) is 0 Å². The molecule has 18 heavy (non-hydrogen) atoms. The zero-order chi connectivity index (χ0) is 13.1. The Bertz CT molecular complexity index is 551. The largest absolute Gasteiger partial charge is 0.486 e. The lowest BCUT2D eigenvalue weighted by atomic mass is 10.2. The lowest BCUT2D eigenvalue weighted by Gasteiger charge is -2.12. The van der Waals surface area contributed by atoms with E-state index in [1.165, 1.54) is 12.1 Å². The summed E-state index contributed by atoms with van der Waals surface area (Å²) < 4.78 is 19.6. The molecule has 0 aromatic heterocycles. The second kappa shape index (κ2) is 5.40. The number of aryl methyl sites for hydroxylation is 1. The molecule has 0 unspecified atom stereocenters. The molecule has 0 saturated heterocycles. The summed E-state index contributed by atoms with van der Waals surface area (Å²) in [4.78, 5) is 0. The van der Waals surface area contributed by atoms with Gasteiger partial charge < -0.3 is 10.5 Å². The molecule has 0 fully saturated rings. The highest BCUT2D eigenvalue weighted by Gasteiger charge is 2.07. The van der Waals surface area contributed by atoms with E-state index in [0.29, 0.717) is 11.4 Å². The third-order valence-electron chi connectivity index (χ3n) is 2.62. The van der Waals surface area contributed by atoms with Crippen molar-refractivity contribution in [2.45, 2.75) is 13.5 Å². The molecule has 2 N–H and O–H groups in total. The topological polar surface area (TPSA) is 35.2 Å². The number of rotatable bonds is 3. The lowest BCUT2D eigenvalue weighted by molar-refractivity contribution is 0.304. The first kappa shape index (κ1) is 12.9. The fraction of sp³-hybridized carbons (Fsp3) is 0.143. The molecule has 0 radical (unpaired) electrons. The fourth-order valence-corrected chi connectivity index (χ4v) is 2.04. The molecule has 2 aromatic carbocycles. The van der Waals surface area contributed by atoms with Crippen LogP contribution in [0, 0.1) is 12.7 Å². The SMILES string of the molecule is Cc1cccc(N)c1OCc1cc(F)ccc1Br. The first-order valence-electron chi connectivity index (χ1n) is 5.50. The Morgan fingerprint density at radius 1 is 1.28 bits per heavy atom. The van der Waals surface area contributed by atoms with Gasteiger partial charge in [0.2, 0.25) is 0 Å². The number of hydrogen-bond acceptors (Lipinski definition) is 2. The van der Waals surface area contributed by atoms with Crippen LogP contribution >= 0.6 is 15.9 Å². The van der Waals surface area contributed by atoms with Crippen LogP contribution in [0.3, 0.4) is 0 Å². The lowest BCUT2D eigenvalue weighted by Crippen LogP contribution is -2.01. The van der Waals surface area contributed by atoms with Crippen LogP contribution in [0.1, 0.15) is 11.1 Å². The molecular formula is C14H13BrFNO. The van der Waals surface area contributed by atoms with Crippen LogP contribution < -0.4 is 10.5 Å². The Balaban J connectivity index is 2.19. The summed E-state index contributed by atoms with van der Waals surface area (Å²) in [5, 5.41) is 0. The van der Waals surface area contributed by atoms with Crippen LogP contribution in [0.2, 0.25) is 0 Å². The highest BCUT2D eigenvalue weighted by molar-refractivity contribution is 9.10. The van der Waals surface area contributed by atoms with Crippen LogP contribution in [0.5, 0.6) is 5.75 Å². The minimum atomic E-state index is -0.283.